The number of carbonyl (C=O) groups is 1. The molecule has 0 aromatic rings. The maximum absolute atomic E-state index is 11.1. The minimum atomic E-state index is -0.205. The molecule has 3 aliphatic rings. The maximum Gasteiger partial charge on any atom is 0.226 e. The molecule has 1 saturated carbocycles. The number of primary amides is 1. The summed E-state index contributed by atoms with van der Waals surface area (Å²) < 4.78 is 5.60. The van der Waals surface area contributed by atoms with E-state index in [4.69, 9.17) is 10.5 Å². The Morgan fingerprint density at radius 2 is 2.36 bits per heavy atom. The molecule has 2 heterocycles. The van der Waals surface area contributed by atoms with Crippen LogP contribution in [-0.4, -0.2) is 18.1 Å². The average molecular weight is 153 g/mol. The summed E-state index contributed by atoms with van der Waals surface area (Å²) in [6.45, 7) is 0. The molecule has 3 rings (SSSR count). The van der Waals surface area contributed by atoms with Gasteiger partial charge in [0, 0.05) is 5.92 Å². The summed E-state index contributed by atoms with van der Waals surface area (Å²) >= 11 is 0. The summed E-state index contributed by atoms with van der Waals surface area (Å²) in [5.74, 6) is 0.355. The molecule has 0 radical (unpaired) electrons. The third-order valence-electron chi connectivity index (χ3n) is 3.59. The van der Waals surface area contributed by atoms with Crippen molar-refractivity contribution in [2.24, 2.45) is 17.1 Å². The minimum Gasteiger partial charge on any atom is -0.374 e. The highest BCUT2D eigenvalue weighted by molar-refractivity contribution is 5.86. The Kier molecular flexibility index (Phi) is 0.796. The zero-order valence-corrected chi connectivity index (χ0v) is 6.25. The average Bonchev–Trinajstić information content (AvgIpc) is 2.50. The van der Waals surface area contributed by atoms with Crippen molar-refractivity contribution in [3.63, 3.8) is 0 Å². The zero-order chi connectivity index (χ0) is 7.64. The lowest BCUT2D eigenvalue weighted by molar-refractivity contribution is -0.125. The highest BCUT2D eigenvalue weighted by atomic mass is 16.5. The quantitative estimate of drug-likeness (QED) is 0.578. The molecule has 11 heavy (non-hydrogen) atoms. The van der Waals surface area contributed by atoms with Crippen molar-refractivity contribution in [2.75, 3.05) is 0 Å². The van der Waals surface area contributed by atoms with Crippen molar-refractivity contribution in [3.8, 4) is 0 Å². The molecule has 1 amide bonds. The van der Waals surface area contributed by atoms with Gasteiger partial charge in [0.05, 0.1) is 17.6 Å². The molecule has 0 aromatic heterocycles. The summed E-state index contributed by atoms with van der Waals surface area (Å²) in [5, 5.41) is 0. The molecule has 2 N–H and O–H groups in total. The van der Waals surface area contributed by atoms with Crippen LogP contribution in [0.3, 0.4) is 0 Å². The molecule has 4 unspecified atom stereocenters. The molecular formula is C8H11NO2. The summed E-state index contributed by atoms with van der Waals surface area (Å²) in [6, 6.07) is 0. The van der Waals surface area contributed by atoms with Crippen molar-refractivity contribution >= 4 is 5.91 Å². The normalized spacial score (nSPS) is 57.6. The third kappa shape index (κ3) is 0.466. The molecule has 0 spiro atoms. The predicted octanol–water partition coefficient (Wildman–Crippen LogP) is 0.0392. The highest BCUT2D eigenvalue weighted by Gasteiger charge is 2.74. The van der Waals surface area contributed by atoms with E-state index in [1.54, 1.807) is 0 Å². The number of nitrogens with two attached hydrogens (primary N) is 1. The second-order valence-corrected chi connectivity index (χ2v) is 3.96. The SMILES string of the molecule is NC(=O)C12CC1C1CCC2O1. The van der Waals surface area contributed by atoms with Gasteiger partial charge in [-0.15, -0.1) is 0 Å². The third-order valence-corrected chi connectivity index (χ3v) is 3.59. The lowest BCUT2D eigenvalue weighted by Gasteiger charge is -2.15. The Hall–Kier alpha value is -0.570. The first kappa shape index (κ1) is 6.00. The van der Waals surface area contributed by atoms with Gasteiger partial charge in [-0.05, 0) is 19.3 Å². The largest absolute Gasteiger partial charge is 0.374 e. The van der Waals surface area contributed by atoms with Crippen molar-refractivity contribution < 1.29 is 9.53 Å². The van der Waals surface area contributed by atoms with Crippen molar-refractivity contribution in [1.82, 2.24) is 0 Å². The van der Waals surface area contributed by atoms with Crippen LogP contribution in [0, 0.1) is 11.3 Å². The number of ether oxygens (including phenoxy) is 1. The van der Waals surface area contributed by atoms with Gasteiger partial charge < -0.3 is 10.5 Å². The fourth-order valence-corrected chi connectivity index (χ4v) is 2.92. The number of hydrogen-bond acceptors (Lipinski definition) is 2. The smallest absolute Gasteiger partial charge is 0.226 e. The second kappa shape index (κ2) is 1.46. The minimum absolute atomic E-state index is 0.130. The Bertz CT molecular complexity index is 240. The Balaban J connectivity index is 2.00. The summed E-state index contributed by atoms with van der Waals surface area (Å²) in [5.41, 5.74) is 5.14. The van der Waals surface area contributed by atoms with E-state index in [1.165, 1.54) is 0 Å². The van der Waals surface area contributed by atoms with Gasteiger partial charge in [-0.25, -0.2) is 0 Å². The monoisotopic (exact) mass is 153 g/mol. The Labute approximate surface area is 64.9 Å². The highest BCUT2D eigenvalue weighted by Crippen LogP contribution is 2.68. The summed E-state index contributed by atoms with van der Waals surface area (Å²) in [7, 11) is 0. The molecule has 2 saturated heterocycles. The molecule has 3 nitrogen and oxygen atoms in total. The Morgan fingerprint density at radius 3 is 2.82 bits per heavy atom. The van der Waals surface area contributed by atoms with Gasteiger partial charge >= 0.3 is 0 Å². The van der Waals surface area contributed by atoms with Crippen LogP contribution in [-0.2, 0) is 9.53 Å². The molecule has 2 aliphatic heterocycles. The summed E-state index contributed by atoms with van der Waals surface area (Å²) in [4.78, 5) is 11.1. The number of rotatable bonds is 1. The fraction of sp³-hybridized carbons (Fsp3) is 0.875. The summed E-state index contributed by atoms with van der Waals surface area (Å²) in [6.07, 6.45) is 3.73. The van der Waals surface area contributed by atoms with Gasteiger partial charge in [0.25, 0.3) is 0 Å². The van der Waals surface area contributed by atoms with Crippen molar-refractivity contribution in [1.29, 1.82) is 0 Å². The van der Waals surface area contributed by atoms with Gasteiger partial charge in [-0.1, -0.05) is 0 Å². The second-order valence-electron chi connectivity index (χ2n) is 3.96. The van der Waals surface area contributed by atoms with E-state index in [1.807, 2.05) is 0 Å². The van der Waals surface area contributed by atoms with Crippen LogP contribution in [0.1, 0.15) is 19.3 Å². The van der Waals surface area contributed by atoms with Crippen LogP contribution in [0.2, 0.25) is 0 Å². The predicted molar refractivity (Wildman–Crippen MR) is 37.6 cm³/mol. The molecule has 1 aliphatic carbocycles. The van der Waals surface area contributed by atoms with E-state index < -0.39 is 0 Å². The van der Waals surface area contributed by atoms with Crippen molar-refractivity contribution in [3.05, 3.63) is 0 Å². The number of carbonyl (C=O) groups excluding carboxylic acids is 1. The van der Waals surface area contributed by atoms with Crippen LogP contribution in [0.4, 0.5) is 0 Å². The molecule has 4 atom stereocenters. The molecule has 3 heteroatoms. The zero-order valence-electron chi connectivity index (χ0n) is 6.25. The van der Waals surface area contributed by atoms with E-state index in [0.29, 0.717) is 12.0 Å². The first-order valence-corrected chi connectivity index (χ1v) is 4.20. The number of fused-ring (bicyclic) bond motifs is 5. The standard InChI is InChI=1S/C8H11NO2/c9-7(10)8-3-4(8)5-1-2-6(8)11-5/h4-6H,1-3H2,(H2,9,10). The molecular weight excluding hydrogens is 142 g/mol. The molecule has 60 valence electrons. The van der Waals surface area contributed by atoms with E-state index in [-0.39, 0.29) is 17.4 Å². The van der Waals surface area contributed by atoms with Crippen molar-refractivity contribution in [2.45, 2.75) is 31.5 Å². The maximum atomic E-state index is 11.1. The van der Waals surface area contributed by atoms with Crippen LogP contribution >= 0.6 is 0 Å². The van der Waals surface area contributed by atoms with Gasteiger partial charge in [-0.3, -0.25) is 4.79 Å². The number of hydrogen-bond donors (Lipinski definition) is 1. The topological polar surface area (TPSA) is 52.3 Å². The van der Waals surface area contributed by atoms with Gasteiger partial charge in [0.15, 0.2) is 0 Å². The van der Waals surface area contributed by atoms with Gasteiger partial charge in [0.2, 0.25) is 5.91 Å². The first-order valence-electron chi connectivity index (χ1n) is 4.20. The molecule has 0 aromatic carbocycles. The van der Waals surface area contributed by atoms with Crippen LogP contribution in [0.15, 0.2) is 0 Å². The fourth-order valence-electron chi connectivity index (χ4n) is 2.92. The van der Waals surface area contributed by atoms with Gasteiger partial charge in [0.1, 0.15) is 0 Å². The lowest BCUT2D eigenvalue weighted by atomic mass is 9.88. The Morgan fingerprint density at radius 1 is 1.55 bits per heavy atom. The number of amides is 1. The first-order chi connectivity index (χ1) is 5.25. The molecule has 2 bridgehead atoms. The van der Waals surface area contributed by atoms with Crippen LogP contribution < -0.4 is 5.73 Å². The van der Waals surface area contributed by atoms with Crippen LogP contribution in [0.5, 0.6) is 0 Å². The van der Waals surface area contributed by atoms with E-state index >= 15 is 0 Å². The van der Waals surface area contributed by atoms with Crippen LogP contribution in [0.25, 0.3) is 0 Å². The van der Waals surface area contributed by atoms with E-state index in [9.17, 15) is 4.79 Å². The lowest BCUT2D eigenvalue weighted by Crippen LogP contribution is -2.34. The van der Waals surface area contributed by atoms with E-state index in [2.05, 4.69) is 0 Å². The van der Waals surface area contributed by atoms with E-state index in [0.717, 1.165) is 19.3 Å². The molecule has 3 fully saturated rings. The van der Waals surface area contributed by atoms with Gasteiger partial charge in [-0.2, -0.15) is 0 Å².